The number of carbonyl (C=O) groups is 1. The number of hydrogen-bond acceptors (Lipinski definition) is 6. The number of piperazine rings is 1. The van der Waals surface area contributed by atoms with Gasteiger partial charge in [0.05, 0.1) is 24.5 Å². The number of amides is 1. The highest BCUT2D eigenvalue weighted by atomic mass is 16.5. The van der Waals surface area contributed by atoms with Crippen LogP contribution in [0.1, 0.15) is 48.8 Å². The van der Waals surface area contributed by atoms with Crippen LogP contribution in [0.2, 0.25) is 0 Å². The molecule has 180 valence electrons. The molecule has 0 atom stereocenters. The van der Waals surface area contributed by atoms with Gasteiger partial charge in [-0.1, -0.05) is 19.3 Å². The Morgan fingerprint density at radius 3 is 2.48 bits per heavy atom. The lowest BCUT2D eigenvalue weighted by molar-refractivity contribution is -0.121. The van der Waals surface area contributed by atoms with Crippen LogP contribution in [-0.4, -0.2) is 68.1 Å². The van der Waals surface area contributed by atoms with Crippen molar-refractivity contribution in [2.24, 2.45) is 0 Å². The molecule has 33 heavy (non-hydrogen) atoms. The number of likely N-dealkylation sites (N-methyl/N-ethyl adjacent to an activating group) is 1. The average Bonchev–Trinajstić information content (AvgIpc) is 2.80. The molecule has 1 saturated heterocycles. The van der Waals surface area contributed by atoms with Crippen molar-refractivity contribution in [2.45, 2.75) is 57.9 Å². The van der Waals surface area contributed by atoms with E-state index in [-0.39, 0.29) is 17.9 Å². The van der Waals surface area contributed by atoms with Crippen LogP contribution in [0, 0.1) is 13.8 Å². The maximum Gasteiger partial charge on any atom is 0.340 e. The Morgan fingerprint density at radius 2 is 1.82 bits per heavy atom. The van der Waals surface area contributed by atoms with Crippen LogP contribution in [0.4, 0.5) is 0 Å². The lowest BCUT2D eigenvalue weighted by Gasteiger charge is -2.49. The highest BCUT2D eigenvalue weighted by molar-refractivity contribution is 5.89. The van der Waals surface area contributed by atoms with Crippen molar-refractivity contribution in [2.75, 3.05) is 46.9 Å². The Kier molecular flexibility index (Phi) is 7.10. The lowest BCUT2D eigenvalue weighted by Crippen LogP contribution is -2.61. The number of nitrogens with one attached hydrogen (secondary N) is 1. The number of rotatable bonds is 6. The first-order chi connectivity index (χ1) is 15.8. The number of aryl methyl sites for hydroxylation is 2. The molecule has 7 heteroatoms. The second-order valence-corrected chi connectivity index (χ2v) is 9.86. The van der Waals surface area contributed by atoms with Crippen LogP contribution in [0.15, 0.2) is 21.3 Å². The fourth-order valence-electron chi connectivity index (χ4n) is 5.58. The topological polar surface area (TPSA) is 75.0 Å². The van der Waals surface area contributed by atoms with Gasteiger partial charge in [0.2, 0.25) is 5.91 Å². The summed E-state index contributed by atoms with van der Waals surface area (Å²) < 4.78 is 11.1. The molecular formula is C26H37N3O4. The predicted octanol–water partition coefficient (Wildman–Crippen LogP) is 3.03. The zero-order valence-electron chi connectivity index (χ0n) is 20.5. The Balaban J connectivity index is 1.52. The van der Waals surface area contributed by atoms with E-state index in [1.807, 2.05) is 26.0 Å². The SMILES string of the molecule is COc1cc(C)cc2oc(=O)c(CC(=O)NCC3(N4CCN(C)CC4)CCCCC3)c(C)c12. The molecule has 1 aromatic carbocycles. The van der Waals surface area contributed by atoms with Gasteiger partial charge in [-0.2, -0.15) is 0 Å². The zero-order valence-corrected chi connectivity index (χ0v) is 20.5. The summed E-state index contributed by atoms with van der Waals surface area (Å²) in [6.07, 6.45) is 5.92. The maximum atomic E-state index is 13.0. The first kappa shape index (κ1) is 23.8. The normalized spacial score (nSPS) is 19.5. The monoisotopic (exact) mass is 455 g/mol. The van der Waals surface area contributed by atoms with Crippen molar-refractivity contribution < 1.29 is 13.9 Å². The van der Waals surface area contributed by atoms with Crippen LogP contribution < -0.4 is 15.7 Å². The summed E-state index contributed by atoms with van der Waals surface area (Å²) in [6.45, 7) is 8.64. The first-order valence-corrected chi connectivity index (χ1v) is 12.1. The van der Waals surface area contributed by atoms with Gasteiger partial charge < -0.3 is 19.4 Å². The molecule has 1 amide bonds. The van der Waals surface area contributed by atoms with Gasteiger partial charge in [0, 0.05) is 38.3 Å². The summed E-state index contributed by atoms with van der Waals surface area (Å²) >= 11 is 0. The largest absolute Gasteiger partial charge is 0.496 e. The van der Waals surface area contributed by atoms with E-state index in [0.717, 1.165) is 55.5 Å². The molecule has 1 aliphatic carbocycles. The van der Waals surface area contributed by atoms with Gasteiger partial charge in [0.15, 0.2) is 0 Å². The van der Waals surface area contributed by atoms with Crippen molar-refractivity contribution in [3.63, 3.8) is 0 Å². The average molecular weight is 456 g/mol. The van der Waals surface area contributed by atoms with Crippen LogP contribution in [0.25, 0.3) is 11.0 Å². The summed E-state index contributed by atoms with van der Waals surface area (Å²) in [6, 6.07) is 3.75. The number of methoxy groups -OCH3 is 1. The fraction of sp³-hybridized carbons (Fsp3) is 0.615. The zero-order chi connectivity index (χ0) is 23.6. The van der Waals surface area contributed by atoms with Gasteiger partial charge in [0.25, 0.3) is 0 Å². The molecule has 2 aromatic rings. The van der Waals surface area contributed by atoms with Gasteiger partial charge in [-0.15, -0.1) is 0 Å². The smallest absolute Gasteiger partial charge is 0.340 e. The van der Waals surface area contributed by atoms with Crippen molar-refractivity contribution in [1.29, 1.82) is 0 Å². The van der Waals surface area contributed by atoms with Gasteiger partial charge >= 0.3 is 5.63 Å². The third-order valence-electron chi connectivity index (χ3n) is 7.62. The molecule has 0 unspecified atom stereocenters. The summed E-state index contributed by atoms with van der Waals surface area (Å²) in [5.74, 6) is 0.527. The third-order valence-corrected chi connectivity index (χ3v) is 7.62. The van der Waals surface area contributed by atoms with Gasteiger partial charge in [-0.3, -0.25) is 9.69 Å². The molecule has 2 aliphatic rings. The minimum atomic E-state index is -0.450. The molecule has 1 aromatic heterocycles. The standard InChI is InChI=1S/C26H37N3O4/c1-18-14-21(32-4)24-19(2)20(25(31)33-22(24)15-18)16-23(30)27-17-26(8-6-5-7-9-26)29-12-10-28(3)11-13-29/h14-15H,5-13,16-17H2,1-4H3,(H,27,30). The van der Waals surface area contributed by atoms with Crippen molar-refractivity contribution in [3.05, 3.63) is 39.2 Å². The van der Waals surface area contributed by atoms with E-state index in [4.69, 9.17) is 9.15 Å². The lowest BCUT2D eigenvalue weighted by atomic mass is 9.79. The summed E-state index contributed by atoms with van der Waals surface area (Å²) in [5.41, 5.74) is 2.18. The van der Waals surface area contributed by atoms with E-state index in [0.29, 0.717) is 23.4 Å². The number of benzene rings is 1. The number of carbonyl (C=O) groups excluding carboxylic acids is 1. The second-order valence-electron chi connectivity index (χ2n) is 9.86. The molecule has 0 spiro atoms. The summed E-state index contributed by atoms with van der Waals surface area (Å²) in [4.78, 5) is 30.7. The van der Waals surface area contributed by atoms with E-state index in [1.54, 1.807) is 7.11 Å². The number of ether oxygens (including phenoxy) is 1. The van der Waals surface area contributed by atoms with Crippen molar-refractivity contribution in [3.8, 4) is 5.75 Å². The van der Waals surface area contributed by atoms with Crippen LogP contribution in [0.3, 0.4) is 0 Å². The minimum absolute atomic E-state index is 0.0138. The van der Waals surface area contributed by atoms with E-state index in [9.17, 15) is 9.59 Å². The Bertz CT molecular complexity index is 1060. The van der Waals surface area contributed by atoms with E-state index in [2.05, 4.69) is 22.2 Å². The molecule has 7 nitrogen and oxygen atoms in total. The molecular weight excluding hydrogens is 418 g/mol. The maximum absolute atomic E-state index is 13.0. The molecule has 1 N–H and O–H groups in total. The second kappa shape index (κ2) is 9.85. The fourth-order valence-corrected chi connectivity index (χ4v) is 5.58. The number of nitrogens with zero attached hydrogens (tertiary/aromatic N) is 2. The summed E-state index contributed by atoms with van der Waals surface area (Å²) in [5, 5.41) is 3.94. The van der Waals surface area contributed by atoms with Gasteiger partial charge in [-0.05, 0) is 57.0 Å². The van der Waals surface area contributed by atoms with Crippen molar-refractivity contribution >= 4 is 16.9 Å². The number of hydrogen-bond donors (Lipinski definition) is 1. The quantitative estimate of drug-likeness (QED) is 0.675. The molecule has 1 aliphatic heterocycles. The summed E-state index contributed by atoms with van der Waals surface area (Å²) in [7, 11) is 3.77. The van der Waals surface area contributed by atoms with E-state index in [1.165, 1.54) is 19.3 Å². The number of fused-ring (bicyclic) bond motifs is 1. The molecule has 2 fully saturated rings. The molecule has 0 radical (unpaired) electrons. The van der Waals surface area contributed by atoms with Gasteiger partial charge in [-0.25, -0.2) is 4.79 Å². The highest BCUT2D eigenvalue weighted by Gasteiger charge is 2.39. The van der Waals surface area contributed by atoms with Gasteiger partial charge in [0.1, 0.15) is 11.3 Å². The molecule has 2 heterocycles. The Labute approximate surface area is 196 Å². The third kappa shape index (κ3) is 4.94. The van der Waals surface area contributed by atoms with Crippen molar-refractivity contribution in [1.82, 2.24) is 15.1 Å². The highest BCUT2D eigenvalue weighted by Crippen LogP contribution is 2.34. The Hall–Kier alpha value is -2.38. The van der Waals surface area contributed by atoms with Crippen LogP contribution >= 0.6 is 0 Å². The van der Waals surface area contributed by atoms with Crippen LogP contribution in [-0.2, 0) is 11.2 Å². The molecule has 1 saturated carbocycles. The first-order valence-electron chi connectivity index (χ1n) is 12.1. The Morgan fingerprint density at radius 1 is 1.12 bits per heavy atom. The van der Waals surface area contributed by atoms with E-state index >= 15 is 0 Å². The molecule has 4 rings (SSSR count). The minimum Gasteiger partial charge on any atom is -0.496 e. The van der Waals surface area contributed by atoms with Crippen LogP contribution in [0.5, 0.6) is 5.75 Å². The predicted molar refractivity (Wildman–Crippen MR) is 130 cm³/mol. The molecule has 0 bridgehead atoms. The van der Waals surface area contributed by atoms with E-state index < -0.39 is 5.63 Å².